The summed E-state index contributed by atoms with van der Waals surface area (Å²) in [4.78, 5) is 12.8. The SMILES string of the molecule is Cc1ccc(S(=O)(=O)N(CC(=O)N/N=C\c2cccc(C)c2)c2cccc(C)c2C)cc1. The standard InChI is InChI=1S/C25H27N3O3S/c1-18-11-13-23(14-12-18)32(30,31)28(24-10-6-8-20(3)21(24)4)17-25(29)27-26-16-22-9-5-7-19(2)15-22/h5-16H,17H2,1-4H3,(H,27,29)/b26-16-. The van der Waals surface area contributed by atoms with Crippen LogP contribution in [0.5, 0.6) is 0 Å². The lowest BCUT2D eigenvalue weighted by Crippen LogP contribution is -2.40. The van der Waals surface area contributed by atoms with Crippen molar-refractivity contribution in [3.05, 3.63) is 94.5 Å². The fraction of sp³-hybridized carbons (Fsp3) is 0.200. The highest BCUT2D eigenvalue weighted by molar-refractivity contribution is 7.92. The minimum absolute atomic E-state index is 0.125. The Balaban J connectivity index is 1.90. The molecule has 0 atom stereocenters. The molecule has 32 heavy (non-hydrogen) atoms. The van der Waals surface area contributed by atoms with Gasteiger partial charge in [-0.15, -0.1) is 0 Å². The zero-order chi connectivity index (χ0) is 23.3. The molecule has 0 unspecified atom stereocenters. The fourth-order valence-corrected chi connectivity index (χ4v) is 4.72. The number of sulfonamides is 1. The molecule has 7 heteroatoms. The highest BCUT2D eigenvalue weighted by atomic mass is 32.2. The van der Waals surface area contributed by atoms with E-state index in [4.69, 9.17) is 0 Å². The van der Waals surface area contributed by atoms with Crippen molar-refractivity contribution in [1.29, 1.82) is 0 Å². The number of nitrogens with zero attached hydrogens (tertiary/aromatic N) is 2. The Kier molecular flexibility index (Phi) is 7.10. The Morgan fingerprint density at radius 3 is 2.31 bits per heavy atom. The van der Waals surface area contributed by atoms with Gasteiger partial charge in [-0.05, 0) is 62.6 Å². The van der Waals surface area contributed by atoms with Gasteiger partial charge in [-0.2, -0.15) is 5.10 Å². The Labute approximate surface area is 189 Å². The van der Waals surface area contributed by atoms with E-state index in [0.717, 1.165) is 32.1 Å². The van der Waals surface area contributed by atoms with E-state index in [9.17, 15) is 13.2 Å². The van der Waals surface area contributed by atoms with Gasteiger partial charge in [0.2, 0.25) is 0 Å². The van der Waals surface area contributed by atoms with Gasteiger partial charge in [0.15, 0.2) is 0 Å². The summed E-state index contributed by atoms with van der Waals surface area (Å²) in [6.07, 6.45) is 1.53. The predicted molar refractivity (Wildman–Crippen MR) is 129 cm³/mol. The van der Waals surface area contributed by atoms with Gasteiger partial charge < -0.3 is 0 Å². The van der Waals surface area contributed by atoms with E-state index in [-0.39, 0.29) is 4.90 Å². The van der Waals surface area contributed by atoms with E-state index < -0.39 is 22.5 Å². The topological polar surface area (TPSA) is 78.8 Å². The summed E-state index contributed by atoms with van der Waals surface area (Å²) >= 11 is 0. The zero-order valence-corrected chi connectivity index (χ0v) is 19.5. The van der Waals surface area contributed by atoms with Crippen molar-refractivity contribution in [2.24, 2.45) is 5.10 Å². The maximum Gasteiger partial charge on any atom is 0.264 e. The lowest BCUT2D eigenvalue weighted by molar-refractivity contribution is -0.119. The third-order valence-corrected chi connectivity index (χ3v) is 6.96. The number of carbonyl (C=O) groups is 1. The molecule has 166 valence electrons. The number of amides is 1. The van der Waals surface area contributed by atoms with Crippen molar-refractivity contribution in [2.45, 2.75) is 32.6 Å². The molecule has 0 heterocycles. The van der Waals surface area contributed by atoms with Crippen LogP contribution >= 0.6 is 0 Å². The lowest BCUT2D eigenvalue weighted by Gasteiger charge is -2.26. The second-order valence-electron chi connectivity index (χ2n) is 7.75. The van der Waals surface area contributed by atoms with E-state index in [0.29, 0.717) is 5.69 Å². The molecule has 3 rings (SSSR count). The van der Waals surface area contributed by atoms with E-state index in [1.54, 1.807) is 36.4 Å². The van der Waals surface area contributed by atoms with Crippen molar-refractivity contribution >= 4 is 27.8 Å². The summed E-state index contributed by atoms with van der Waals surface area (Å²) in [5, 5.41) is 3.99. The van der Waals surface area contributed by atoms with Gasteiger partial charge in [-0.1, -0.05) is 59.7 Å². The number of benzene rings is 3. The second kappa shape index (κ2) is 9.78. The van der Waals surface area contributed by atoms with Crippen LogP contribution in [-0.2, 0) is 14.8 Å². The molecular formula is C25H27N3O3S. The van der Waals surface area contributed by atoms with Crippen molar-refractivity contribution in [3.63, 3.8) is 0 Å². The second-order valence-corrected chi connectivity index (χ2v) is 9.61. The average Bonchev–Trinajstić information content (AvgIpc) is 2.74. The minimum Gasteiger partial charge on any atom is -0.271 e. The van der Waals surface area contributed by atoms with E-state index in [1.165, 1.54) is 6.21 Å². The number of nitrogens with one attached hydrogen (secondary N) is 1. The van der Waals surface area contributed by atoms with Gasteiger partial charge in [0, 0.05) is 0 Å². The molecule has 0 aromatic heterocycles. The van der Waals surface area contributed by atoms with Crippen LogP contribution in [0.1, 0.15) is 27.8 Å². The van der Waals surface area contributed by atoms with Crippen LogP contribution < -0.4 is 9.73 Å². The molecule has 0 radical (unpaired) electrons. The Morgan fingerprint density at radius 2 is 1.62 bits per heavy atom. The van der Waals surface area contributed by atoms with Gasteiger partial charge in [-0.25, -0.2) is 13.8 Å². The molecular weight excluding hydrogens is 422 g/mol. The van der Waals surface area contributed by atoms with E-state index in [2.05, 4.69) is 10.5 Å². The number of hydrogen-bond acceptors (Lipinski definition) is 4. The monoisotopic (exact) mass is 449 g/mol. The molecule has 0 aliphatic heterocycles. The molecule has 0 fully saturated rings. The molecule has 0 aliphatic carbocycles. The van der Waals surface area contributed by atoms with E-state index >= 15 is 0 Å². The third kappa shape index (κ3) is 5.42. The first kappa shape index (κ1) is 23.2. The van der Waals surface area contributed by atoms with Crippen LogP contribution in [0.25, 0.3) is 0 Å². The smallest absolute Gasteiger partial charge is 0.264 e. The first-order valence-corrected chi connectivity index (χ1v) is 11.7. The van der Waals surface area contributed by atoms with Gasteiger partial charge in [0.25, 0.3) is 15.9 Å². The highest BCUT2D eigenvalue weighted by Gasteiger charge is 2.28. The molecule has 0 aliphatic rings. The molecule has 0 spiro atoms. The van der Waals surface area contributed by atoms with Crippen molar-refractivity contribution < 1.29 is 13.2 Å². The van der Waals surface area contributed by atoms with Crippen LogP contribution in [0.3, 0.4) is 0 Å². The van der Waals surface area contributed by atoms with E-state index in [1.807, 2.05) is 58.0 Å². The quantitative estimate of drug-likeness (QED) is 0.432. The summed E-state index contributed by atoms with van der Waals surface area (Å²) in [6.45, 7) is 7.20. The number of carbonyl (C=O) groups excluding carboxylic acids is 1. The fourth-order valence-electron chi connectivity index (χ4n) is 3.24. The van der Waals surface area contributed by atoms with Gasteiger partial charge in [-0.3, -0.25) is 9.10 Å². The third-order valence-electron chi connectivity index (χ3n) is 5.19. The molecule has 0 bridgehead atoms. The molecule has 0 saturated carbocycles. The molecule has 1 N–H and O–H groups in total. The lowest BCUT2D eigenvalue weighted by atomic mass is 10.1. The number of anilines is 1. The van der Waals surface area contributed by atoms with Crippen LogP contribution in [0.4, 0.5) is 5.69 Å². The normalized spacial score (nSPS) is 11.5. The van der Waals surface area contributed by atoms with Crippen molar-refractivity contribution in [3.8, 4) is 0 Å². The Morgan fingerprint density at radius 1 is 0.938 bits per heavy atom. The minimum atomic E-state index is -3.97. The van der Waals surface area contributed by atoms with Gasteiger partial charge in [0.05, 0.1) is 16.8 Å². The molecule has 3 aromatic rings. The summed E-state index contributed by atoms with van der Waals surface area (Å²) in [7, 11) is -3.97. The Bertz CT molecular complexity index is 1250. The first-order chi connectivity index (χ1) is 15.2. The van der Waals surface area contributed by atoms with Crippen LogP contribution in [-0.4, -0.2) is 27.1 Å². The predicted octanol–water partition coefficient (Wildman–Crippen LogP) is 4.27. The Hall–Kier alpha value is -3.45. The molecule has 1 amide bonds. The van der Waals surface area contributed by atoms with Crippen molar-refractivity contribution in [1.82, 2.24) is 5.43 Å². The molecule has 3 aromatic carbocycles. The van der Waals surface area contributed by atoms with Gasteiger partial charge in [0.1, 0.15) is 6.54 Å². The number of hydrazone groups is 1. The number of hydrogen-bond donors (Lipinski definition) is 1. The number of aryl methyl sites for hydroxylation is 3. The highest BCUT2D eigenvalue weighted by Crippen LogP contribution is 2.28. The maximum absolute atomic E-state index is 13.5. The summed E-state index contributed by atoms with van der Waals surface area (Å²) < 4.78 is 28.1. The van der Waals surface area contributed by atoms with Crippen molar-refractivity contribution in [2.75, 3.05) is 10.8 Å². The zero-order valence-electron chi connectivity index (χ0n) is 18.7. The van der Waals surface area contributed by atoms with Crippen LogP contribution in [0, 0.1) is 27.7 Å². The average molecular weight is 450 g/mol. The maximum atomic E-state index is 13.5. The summed E-state index contributed by atoms with van der Waals surface area (Å²) in [5.74, 6) is -0.537. The summed E-state index contributed by atoms with van der Waals surface area (Å²) in [5.41, 5.74) is 7.49. The summed E-state index contributed by atoms with van der Waals surface area (Å²) in [6, 6.07) is 19.6. The van der Waals surface area contributed by atoms with Crippen LogP contribution in [0.15, 0.2) is 76.7 Å². The first-order valence-electron chi connectivity index (χ1n) is 10.2. The van der Waals surface area contributed by atoms with Crippen LogP contribution in [0.2, 0.25) is 0 Å². The largest absolute Gasteiger partial charge is 0.271 e. The molecule has 6 nitrogen and oxygen atoms in total. The van der Waals surface area contributed by atoms with Gasteiger partial charge >= 0.3 is 0 Å². The molecule has 0 saturated heterocycles. The number of rotatable bonds is 7.